The second kappa shape index (κ2) is 9.73. The zero-order chi connectivity index (χ0) is 25.2. The lowest BCUT2D eigenvalue weighted by molar-refractivity contribution is 0.633. The van der Waals surface area contributed by atoms with E-state index in [0.29, 0.717) is 30.1 Å². The van der Waals surface area contributed by atoms with E-state index in [1.54, 1.807) is 14.0 Å². The van der Waals surface area contributed by atoms with Crippen LogP contribution in [0.25, 0.3) is 33.7 Å². The van der Waals surface area contributed by atoms with E-state index in [1.165, 1.54) is 9.13 Å². The van der Waals surface area contributed by atoms with Crippen molar-refractivity contribution in [2.24, 2.45) is 7.05 Å². The SMILES string of the molecule is CCCCc1nc2c(c(=O)n(CC)c(=O)n2C)n1Cc1ccc(-c2ccccc2-c2nnn[nH]2)cc1. The van der Waals surface area contributed by atoms with Gasteiger partial charge in [-0.05, 0) is 40.5 Å². The van der Waals surface area contributed by atoms with Gasteiger partial charge in [0.1, 0.15) is 5.82 Å². The van der Waals surface area contributed by atoms with Gasteiger partial charge in [0, 0.05) is 32.1 Å². The van der Waals surface area contributed by atoms with E-state index in [1.807, 2.05) is 28.8 Å². The lowest BCUT2D eigenvalue weighted by Gasteiger charge is -2.12. The first-order chi connectivity index (χ1) is 17.5. The molecule has 0 atom stereocenters. The van der Waals surface area contributed by atoms with E-state index in [2.05, 4.69) is 51.8 Å². The van der Waals surface area contributed by atoms with Gasteiger partial charge in [0.15, 0.2) is 17.0 Å². The Balaban J connectivity index is 1.57. The summed E-state index contributed by atoms with van der Waals surface area (Å²) in [6.45, 7) is 4.73. The number of imidazole rings is 1. The molecule has 10 heteroatoms. The molecule has 5 aromatic rings. The van der Waals surface area contributed by atoms with Gasteiger partial charge in [0.25, 0.3) is 5.56 Å². The third-order valence-electron chi connectivity index (χ3n) is 6.51. The van der Waals surface area contributed by atoms with Crippen LogP contribution in [-0.4, -0.2) is 39.3 Å². The summed E-state index contributed by atoms with van der Waals surface area (Å²) in [4.78, 5) is 30.7. The monoisotopic (exact) mass is 484 g/mol. The van der Waals surface area contributed by atoms with Crippen LogP contribution >= 0.6 is 0 Å². The third kappa shape index (κ3) is 4.04. The van der Waals surface area contributed by atoms with E-state index in [0.717, 1.165) is 47.3 Å². The molecule has 2 aromatic carbocycles. The lowest BCUT2D eigenvalue weighted by Crippen LogP contribution is -2.39. The van der Waals surface area contributed by atoms with Crippen molar-refractivity contribution in [1.82, 2.24) is 39.3 Å². The molecule has 0 spiro atoms. The molecule has 3 aromatic heterocycles. The van der Waals surface area contributed by atoms with Gasteiger partial charge in [-0.2, -0.15) is 0 Å². The largest absolute Gasteiger partial charge is 0.332 e. The van der Waals surface area contributed by atoms with Gasteiger partial charge < -0.3 is 4.57 Å². The Bertz CT molecular complexity index is 1630. The molecule has 0 aliphatic heterocycles. The van der Waals surface area contributed by atoms with Crippen LogP contribution in [-0.2, 0) is 26.6 Å². The van der Waals surface area contributed by atoms with Crippen molar-refractivity contribution in [2.75, 3.05) is 0 Å². The summed E-state index contributed by atoms with van der Waals surface area (Å²) in [7, 11) is 1.67. The number of aromatic nitrogens is 8. The zero-order valence-corrected chi connectivity index (χ0v) is 20.6. The maximum Gasteiger partial charge on any atom is 0.332 e. The topological polar surface area (TPSA) is 116 Å². The molecule has 0 fully saturated rings. The maximum atomic E-state index is 13.3. The molecule has 36 heavy (non-hydrogen) atoms. The molecule has 0 radical (unpaired) electrons. The summed E-state index contributed by atoms with van der Waals surface area (Å²) >= 11 is 0. The van der Waals surface area contributed by atoms with Crippen LogP contribution in [0.2, 0.25) is 0 Å². The van der Waals surface area contributed by atoms with Gasteiger partial charge >= 0.3 is 5.69 Å². The van der Waals surface area contributed by atoms with Gasteiger partial charge in [0.2, 0.25) is 0 Å². The number of hydrogen-bond acceptors (Lipinski definition) is 6. The molecular weight excluding hydrogens is 456 g/mol. The normalized spacial score (nSPS) is 11.4. The van der Waals surface area contributed by atoms with Crippen molar-refractivity contribution in [3.05, 3.63) is 80.8 Å². The van der Waals surface area contributed by atoms with Crippen molar-refractivity contribution in [1.29, 1.82) is 0 Å². The van der Waals surface area contributed by atoms with Crippen LogP contribution in [0.15, 0.2) is 58.1 Å². The second-order valence-corrected chi connectivity index (χ2v) is 8.77. The van der Waals surface area contributed by atoms with Gasteiger partial charge in [-0.15, -0.1) is 5.10 Å². The Morgan fingerprint density at radius 3 is 2.36 bits per heavy atom. The van der Waals surface area contributed by atoms with Gasteiger partial charge in [-0.1, -0.05) is 61.9 Å². The van der Waals surface area contributed by atoms with E-state index in [9.17, 15) is 9.59 Å². The highest BCUT2D eigenvalue weighted by Gasteiger charge is 2.20. The quantitative estimate of drug-likeness (QED) is 0.362. The van der Waals surface area contributed by atoms with Crippen LogP contribution in [0, 0.1) is 0 Å². The van der Waals surface area contributed by atoms with Gasteiger partial charge in [-0.25, -0.2) is 14.9 Å². The van der Waals surface area contributed by atoms with E-state index in [4.69, 9.17) is 4.98 Å². The Labute approximate surface area is 207 Å². The van der Waals surface area contributed by atoms with Crippen molar-refractivity contribution >= 4 is 11.2 Å². The summed E-state index contributed by atoms with van der Waals surface area (Å²) < 4.78 is 4.72. The fourth-order valence-electron chi connectivity index (χ4n) is 4.58. The summed E-state index contributed by atoms with van der Waals surface area (Å²) in [6, 6.07) is 16.2. The van der Waals surface area contributed by atoms with Crippen LogP contribution < -0.4 is 11.2 Å². The molecule has 0 amide bonds. The number of fused-ring (bicyclic) bond motifs is 1. The smallest absolute Gasteiger partial charge is 0.318 e. The highest BCUT2D eigenvalue weighted by atomic mass is 16.2. The standard InChI is InChI=1S/C26H28N8O2/c1-4-6-11-21-27-24-22(25(35)33(5-2)26(36)32(24)3)34(21)16-17-12-14-18(15-13-17)19-9-7-8-10-20(19)23-28-30-31-29-23/h7-10,12-15H,4-6,11,16H2,1-3H3,(H,28,29,30,31). The summed E-state index contributed by atoms with van der Waals surface area (Å²) in [5.41, 5.74) is 4.26. The molecule has 0 aliphatic carbocycles. The average Bonchev–Trinajstić information content (AvgIpc) is 3.56. The van der Waals surface area contributed by atoms with Crippen LogP contribution in [0.4, 0.5) is 0 Å². The Morgan fingerprint density at radius 2 is 1.69 bits per heavy atom. The second-order valence-electron chi connectivity index (χ2n) is 8.77. The number of nitrogens with one attached hydrogen (secondary N) is 1. The predicted molar refractivity (Wildman–Crippen MR) is 138 cm³/mol. The van der Waals surface area contributed by atoms with Crippen molar-refractivity contribution in [3.63, 3.8) is 0 Å². The minimum absolute atomic E-state index is 0.294. The number of aryl methyl sites for hydroxylation is 2. The number of nitrogens with zero attached hydrogens (tertiary/aromatic N) is 7. The first-order valence-corrected chi connectivity index (χ1v) is 12.1. The molecule has 1 N–H and O–H groups in total. The molecule has 0 bridgehead atoms. The molecule has 0 saturated carbocycles. The van der Waals surface area contributed by atoms with Crippen LogP contribution in [0.3, 0.4) is 0 Å². The Morgan fingerprint density at radius 1 is 0.944 bits per heavy atom. The summed E-state index contributed by atoms with van der Waals surface area (Å²) in [5.74, 6) is 1.43. The maximum absolute atomic E-state index is 13.3. The van der Waals surface area contributed by atoms with Crippen molar-refractivity contribution < 1.29 is 0 Å². The summed E-state index contributed by atoms with van der Waals surface area (Å²) in [6.07, 6.45) is 2.70. The van der Waals surface area contributed by atoms with Crippen LogP contribution in [0.5, 0.6) is 0 Å². The highest BCUT2D eigenvalue weighted by molar-refractivity contribution is 5.80. The Kier molecular flexibility index (Phi) is 6.32. The first-order valence-electron chi connectivity index (χ1n) is 12.1. The predicted octanol–water partition coefficient (Wildman–Crippen LogP) is 3.15. The average molecular weight is 485 g/mol. The molecule has 0 aliphatic rings. The third-order valence-corrected chi connectivity index (χ3v) is 6.51. The minimum atomic E-state index is -0.341. The number of aromatic amines is 1. The Hall–Kier alpha value is -4.34. The van der Waals surface area contributed by atoms with Gasteiger partial charge in [0.05, 0.1) is 0 Å². The molecule has 10 nitrogen and oxygen atoms in total. The first kappa shape index (κ1) is 23.4. The van der Waals surface area contributed by atoms with Crippen LogP contribution in [0.1, 0.15) is 38.1 Å². The molecule has 0 unspecified atom stereocenters. The molecule has 3 heterocycles. The number of H-pyrrole nitrogens is 1. The van der Waals surface area contributed by atoms with E-state index in [-0.39, 0.29) is 11.2 Å². The number of hydrogen-bond donors (Lipinski definition) is 1. The van der Waals surface area contributed by atoms with Crippen molar-refractivity contribution in [2.45, 2.75) is 46.2 Å². The van der Waals surface area contributed by atoms with Crippen molar-refractivity contribution in [3.8, 4) is 22.5 Å². The molecule has 5 rings (SSSR count). The van der Waals surface area contributed by atoms with E-state index < -0.39 is 0 Å². The highest BCUT2D eigenvalue weighted by Crippen LogP contribution is 2.30. The zero-order valence-electron chi connectivity index (χ0n) is 20.6. The number of tetrazole rings is 1. The minimum Gasteiger partial charge on any atom is -0.318 e. The molecule has 184 valence electrons. The molecular formula is C26H28N8O2. The summed E-state index contributed by atoms with van der Waals surface area (Å²) in [5, 5.41) is 14.3. The number of benzene rings is 2. The lowest BCUT2D eigenvalue weighted by atomic mass is 9.98. The van der Waals surface area contributed by atoms with E-state index >= 15 is 0 Å². The fourth-order valence-corrected chi connectivity index (χ4v) is 4.58. The number of unbranched alkanes of at least 4 members (excludes halogenated alkanes) is 1. The number of rotatable bonds is 8. The van der Waals surface area contributed by atoms with Gasteiger partial charge in [-0.3, -0.25) is 13.9 Å². The molecule has 0 saturated heterocycles. The fraction of sp³-hybridized carbons (Fsp3) is 0.308.